The maximum atomic E-state index is 11.3. The lowest BCUT2D eigenvalue weighted by atomic mass is 10.2. The lowest BCUT2D eigenvalue weighted by Gasteiger charge is -2.06. The Hall–Kier alpha value is -2.37. The largest absolute Gasteiger partial charge is 0.469 e. The van der Waals surface area contributed by atoms with Crippen molar-refractivity contribution in [2.75, 3.05) is 13.7 Å². The SMILES string of the molecule is COC(=O)CC(=O)CCNC(=O)OCc1ccccc1. The molecule has 0 unspecified atom stereocenters. The zero-order valence-corrected chi connectivity index (χ0v) is 11.3. The second kappa shape index (κ2) is 8.68. The maximum Gasteiger partial charge on any atom is 0.407 e. The van der Waals surface area contributed by atoms with Gasteiger partial charge in [-0.3, -0.25) is 9.59 Å². The molecule has 0 radical (unpaired) electrons. The van der Waals surface area contributed by atoms with Gasteiger partial charge in [-0.2, -0.15) is 0 Å². The molecule has 6 heteroatoms. The molecule has 20 heavy (non-hydrogen) atoms. The number of esters is 1. The van der Waals surface area contributed by atoms with Gasteiger partial charge in [-0.25, -0.2) is 4.79 Å². The van der Waals surface area contributed by atoms with E-state index in [-0.39, 0.29) is 31.8 Å². The van der Waals surface area contributed by atoms with E-state index in [0.29, 0.717) is 0 Å². The highest BCUT2D eigenvalue weighted by atomic mass is 16.5. The first-order valence-electron chi connectivity index (χ1n) is 6.15. The number of benzene rings is 1. The molecule has 0 bridgehead atoms. The molecule has 6 nitrogen and oxygen atoms in total. The Morgan fingerprint density at radius 3 is 2.50 bits per heavy atom. The monoisotopic (exact) mass is 279 g/mol. The highest BCUT2D eigenvalue weighted by Gasteiger charge is 2.10. The van der Waals surface area contributed by atoms with E-state index in [1.54, 1.807) is 0 Å². The molecule has 0 aliphatic rings. The minimum atomic E-state index is -0.597. The van der Waals surface area contributed by atoms with Crippen LogP contribution in [-0.4, -0.2) is 31.5 Å². The van der Waals surface area contributed by atoms with Crippen molar-refractivity contribution in [1.29, 1.82) is 0 Å². The topological polar surface area (TPSA) is 81.7 Å². The molecule has 0 heterocycles. The van der Waals surface area contributed by atoms with E-state index in [2.05, 4.69) is 10.1 Å². The fourth-order valence-electron chi connectivity index (χ4n) is 1.40. The van der Waals surface area contributed by atoms with Crippen LogP contribution in [0.4, 0.5) is 4.79 Å². The van der Waals surface area contributed by atoms with Gasteiger partial charge in [-0.05, 0) is 5.56 Å². The van der Waals surface area contributed by atoms with Crippen LogP contribution in [0.15, 0.2) is 30.3 Å². The van der Waals surface area contributed by atoms with Gasteiger partial charge >= 0.3 is 12.1 Å². The van der Waals surface area contributed by atoms with E-state index in [0.717, 1.165) is 5.56 Å². The number of alkyl carbamates (subject to hydrolysis) is 1. The van der Waals surface area contributed by atoms with Crippen molar-refractivity contribution in [3.05, 3.63) is 35.9 Å². The fraction of sp³-hybridized carbons (Fsp3) is 0.357. The van der Waals surface area contributed by atoms with Gasteiger partial charge in [0.05, 0.1) is 7.11 Å². The summed E-state index contributed by atoms with van der Waals surface area (Å²) in [5.41, 5.74) is 0.879. The van der Waals surface area contributed by atoms with E-state index in [4.69, 9.17) is 4.74 Å². The highest BCUT2D eigenvalue weighted by Crippen LogP contribution is 2.00. The van der Waals surface area contributed by atoms with E-state index in [9.17, 15) is 14.4 Å². The summed E-state index contributed by atoms with van der Waals surface area (Å²) >= 11 is 0. The van der Waals surface area contributed by atoms with Crippen LogP contribution in [0.25, 0.3) is 0 Å². The third kappa shape index (κ3) is 6.53. The molecule has 0 spiro atoms. The minimum absolute atomic E-state index is 0.0650. The summed E-state index contributed by atoms with van der Waals surface area (Å²) in [6.07, 6.45) is -0.813. The van der Waals surface area contributed by atoms with Gasteiger partial charge in [-0.15, -0.1) is 0 Å². The highest BCUT2D eigenvalue weighted by molar-refractivity contribution is 5.95. The van der Waals surface area contributed by atoms with Gasteiger partial charge in [0.25, 0.3) is 0 Å². The summed E-state index contributed by atoms with van der Waals surface area (Å²) in [7, 11) is 1.22. The molecule has 0 aliphatic heterocycles. The summed E-state index contributed by atoms with van der Waals surface area (Å²) in [4.78, 5) is 33.4. The number of amides is 1. The number of carbonyl (C=O) groups excluding carboxylic acids is 3. The number of Topliss-reactive ketones (excluding diaryl/α,β-unsaturated/α-hetero) is 1. The van der Waals surface area contributed by atoms with E-state index in [1.807, 2.05) is 30.3 Å². The van der Waals surface area contributed by atoms with E-state index in [1.165, 1.54) is 7.11 Å². The Morgan fingerprint density at radius 2 is 1.85 bits per heavy atom. The number of rotatable bonds is 7. The fourth-order valence-corrected chi connectivity index (χ4v) is 1.40. The molecule has 0 aromatic heterocycles. The Kier molecular flexibility index (Phi) is 6.81. The van der Waals surface area contributed by atoms with Gasteiger partial charge < -0.3 is 14.8 Å². The Balaban J connectivity index is 2.14. The first-order chi connectivity index (χ1) is 9.61. The molecule has 1 aromatic rings. The molecule has 1 amide bonds. The first-order valence-corrected chi connectivity index (χ1v) is 6.15. The quantitative estimate of drug-likeness (QED) is 0.603. The number of ketones is 1. The molecule has 0 saturated heterocycles. The van der Waals surface area contributed by atoms with Gasteiger partial charge in [0.15, 0.2) is 0 Å². The summed E-state index contributed by atoms with van der Waals surface area (Å²) in [5, 5.41) is 2.44. The predicted octanol–water partition coefficient (Wildman–Crippen LogP) is 1.44. The van der Waals surface area contributed by atoms with Crippen molar-refractivity contribution < 1.29 is 23.9 Å². The molecule has 0 fully saturated rings. The zero-order valence-electron chi connectivity index (χ0n) is 11.3. The number of hydrogen-bond acceptors (Lipinski definition) is 5. The number of nitrogens with one attached hydrogen (secondary N) is 1. The standard InChI is InChI=1S/C14H17NO5/c1-19-13(17)9-12(16)7-8-15-14(18)20-10-11-5-3-2-4-6-11/h2-6H,7-10H2,1H3,(H,15,18). The summed E-state index contributed by atoms with van der Waals surface area (Å²) < 4.78 is 9.32. The van der Waals surface area contributed by atoms with Crippen LogP contribution in [0.5, 0.6) is 0 Å². The zero-order chi connectivity index (χ0) is 14.8. The van der Waals surface area contributed by atoms with Crippen molar-refractivity contribution in [2.45, 2.75) is 19.4 Å². The third-order valence-electron chi connectivity index (χ3n) is 2.46. The van der Waals surface area contributed by atoms with Crippen LogP contribution in [0.2, 0.25) is 0 Å². The lowest BCUT2D eigenvalue weighted by molar-refractivity contribution is -0.143. The number of hydrogen-bond donors (Lipinski definition) is 1. The van der Waals surface area contributed by atoms with Crippen LogP contribution in [0.1, 0.15) is 18.4 Å². The number of ether oxygens (including phenoxy) is 2. The molecule has 0 aliphatic carbocycles. The normalized spacial score (nSPS) is 9.65. The van der Waals surface area contributed by atoms with Crippen molar-refractivity contribution in [2.24, 2.45) is 0 Å². The molecular weight excluding hydrogens is 262 g/mol. The van der Waals surface area contributed by atoms with Crippen molar-refractivity contribution in [1.82, 2.24) is 5.32 Å². The van der Waals surface area contributed by atoms with E-state index < -0.39 is 12.1 Å². The van der Waals surface area contributed by atoms with Gasteiger partial charge in [0.2, 0.25) is 0 Å². The van der Waals surface area contributed by atoms with Crippen LogP contribution in [0.3, 0.4) is 0 Å². The molecule has 0 atom stereocenters. The van der Waals surface area contributed by atoms with Crippen LogP contribution in [-0.2, 0) is 25.7 Å². The van der Waals surface area contributed by atoms with Crippen LogP contribution in [0, 0.1) is 0 Å². The number of carbonyl (C=O) groups is 3. The average Bonchev–Trinajstić information content (AvgIpc) is 2.46. The number of methoxy groups -OCH3 is 1. The summed E-state index contributed by atoms with van der Waals surface area (Å²) in [6.45, 7) is 0.298. The second-order valence-electron chi connectivity index (χ2n) is 4.03. The van der Waals surface area contributed by atoms with Crippen LogP contribution < -0.4 is 5.32 Å². The van der Waals surface area contributed by atoms with Gasteiger partial charge in [0.1, 0.15) is 18.8 Å². The van der Waals surface area contributed by atoms with Crippen molar-refractivity contribution in [3.63, 3.8) is 0 Å². The molecule has 1 rings (SSSR count). The average molecular weight is 279 g/mol. The summed E-state index contributed by atoms with van der Waals surface area (Å²) in [5.74, 6) is -0.873. The minimum Gasteiger partial charge on any atom is -0.469 e. The Bertz CT molecular complexity index is 458. The van der Waals surface area contributed by atoms with E-state index >= 15 is 0 Å². The summed E-state index contributed by atoms with van der Waals surface area (Å²) in [6, 6.07) is 9.25. The predicted molar refractivity (Wildman–Crippen MR) is 70.9 cm³/mol. The lowest BCUT2D eigenvalue weighted by Crippen LogP contribution is -2.27. The van der Waals surface area contributed by atoms with Crippen LogP contribution >= 0.6 is 0 Å². The molecule has 108 valence electrons. The maximum absolute atomic E-state index is 11.3. The molecule has 1 aromatic carbocycles. The molecular formula is C14H17NO5. The first kappa shape index (κ1) is 15.7. The van der Waals surface area contributed by atoms with Crippen molar-refractivity contribution >= 4 is 17.8 Å². The Morgan fingerprint density at radius 1 is 1.15 bits per heavy atom. The smallest absolute Gasteiger partial charge is 0.407 e. The third-order valence-corrected chi connectivity index (χ3v) is 2.46. The van der Waals surface area contributed by atoms with Crippen molar-refractivity contribution in [3.8, 4) is 0 Å². The second-order valence-corrected chi connectivity index (χ2v) is 4.03. The van der Waals surface area contributed by atoms with Gasteiger partial charge in [-0.1, -0.05) is 30.3 Å². The van der Waals surface area contributed by atoms with Gasteiger partial charge in [0, 0.05) is 13.0 Å². The molecule has 0 saturated carbocycles. The molecule has 1 N–H and O–H groups in total. The Labute approximate surface area is 117 Å².